The smallest absolute Gasteiger partial charge is 0.157 e. The number of carbonyl (C=O) groups excluding carboxylic acids is 1. The molecule has 0 atom stereocenters. The summed E-state index contributed by atoms with van der Waals surface area (Å²) >= 11 is 0. The standard InChI is InChI=1S/C13H25NO/c1-3-5-7-9-13(15)10-12-14-11-8-6-4-2/h10,12,14H,3-9,11H2,1-2H3/b12-10-. The van der Waals surface area contributed by atoms with Crippen molar-refractivity contribution in [2.75, 3.05) is 6.54 Å². The molecule has 15 heavy (non-hydrogen) atoms. The van der Waals surface area contributed by atoms with Gasteiger partial charge < -0.3 is 5.32 Å². The molecule has 0 aromatic rings. The Morgan fingerprint density at radius 1 is 1.07 bits per heavy atom. The number of rotatable bonds is 10. The van der Waals surface area contributed by atoms with Gasteiger partial charge in [0.05, 0.1) is 0 Å². The number of hydrogen-bond donors (Lipinski definition) is 1. The molecule has 0 amide bonds. The molecule has 0 radical (unpaired) electrons. The normalized spacial score (nSPS) is 10.8. The molecule has 1 N–H and O–H groups in total. The quantitative estimate of drug-likeness (QED) is 0.443. The molecular formula is C13H25NO. The first-order valence-electron chi connectivity index (χ1n) is 6.24. The van der Waals surface area contributed by atoms with E-state index in [1.807, 2.05) is 0 Å². The van der Waals surface area contributed by atoms with Crippen LogP contribution in [-0.4, -0.2) is 12.3 Å². The van der Waals surface area contributed by atoms with Crippen LogP contribution in [0.15, 0.2) is 12.3 Å². The number of ketones is 1. The molecule has 0 aromatic carbocycles. The van der Waals surface area contributed by atoms with E-state index in [4.69, 9.17) is 0 Å². The Kier molecular flexibility index (Phi) is 10.7. The van der Waals surface area contributed by atoms with E-state index in [2.05, 4.69) is 19.2 Å². The van der Waals surface area contributed by atoms with E-state index >= 15 is 0 Å². The minimum Gasteiger partial charge on any atom is -0.391 e. The minimum absolute atomic E-state index is 0.242. The van der Waals surface area contributed by atoms with Crippen molar-refractivity contribution in [3.8, 4) is 0 Å². The van der Waals surface area contributed by atoms with E-state index < -0.39 is 0 Å². The Hall–Kier alpha value is -0.790. The van der Waals surface area contributed by atoms with Gasteiger partial charge in [0.2, 0.25) is 0 Å². The highest BCUT2D eigenvalue weighted by atomic mass is 16.1. The van der Waals surface area contributed by atoms with Crippen LogP contribution in [0.3, 0.4) is 0 Å². The number of carbonyl (C=O) groups is 1. The maximum Gasteiger partial charge on any atom is 0.157 e. The molecule has 2 nitrogen and oxygen atoms in total. The first-order valence-corrected chi connectivity index (χ1v) is 6.24. The molecule has 0 unspecified atom stereocenters. The van der Waals surface area contributed by atoms with Crippen LogP contribution in [0.1, 0.15) is 58.8 Å². The van der Waals surface area contributed by atoms with Gasteiger partial charge in [-0.25, -0.2) is 0 Å². The third-order valence-corrected chi connectivity index (χ3v) is 2.34. The summed E-state index contributed by atoms with van der Waals surface area (Å²) in [4.78, 5) is 11.3. The number of hydrogen-bond acceptors (Lipinski definition) is 2. The average Bonchev–Trinajstić information content (AvgIpc) is 2.23. The highest BCUT2D eigenvalue weighted by molar-refractivity contribution is 5.89. The van der Waals surface area contributed by atoms with Gasteiger partial charge in [0.25, 0.3) is 0 Å². The van der Waals surface area contributed by atoms with E-state index in [1.54, 1.807) is 12.3 Å². The van der Waals surface area contributed by atoms with Gasteiger partial charge in [-0.2, -0.15) is 0 Å². The van der Waals surface area contributed by atoms with Crippen molar-refractivity contribution in [1.29, 1.82) is 0 Å². The first-order chi connectivity index (χ1) is 7.31. The SMILES string of the molecule is CCCCCN/C=C\C(=O)CCCCC. The van der Waals surface area contributed by atoms with Crippen molar-refractivity contribution in [2.45, 2.75) is 58.8 Å². The average molecular weight is 211 g/mol. The Labute approximate surface area is 94.1 Å². The summed E-state index contributed by atoms with van der Waals surface area (Å²) in [6.07, 6.45) is 11.2. The summed E-state index contributed by atoms with van der Waals surface area (Å²) in [6.45, 7) is 5.31. The molecule has 0 saturated heterocycles. The Bertz CT molecular complexity index is 175. The monoisotopic (exact) mass is 211 g/mol. The molecule has 0 aliphatic carbocycles. The summed E-state index contributed by atoms with van der Waals surface area (Å²) in [5.74, 6) is 0.242. The molecule has 0 saturated carbocycles. The van der Waals surface area contributed by atoms with Gasteiger partial charge in [0, 0.05) is 13.0 Å². The van der Waals surface area contributed by atoms with Crippen LogP contribution >= 0.6 is 0 Å². The zero-order chi connectivity index (χ0) is 11.4. The Morgan fingerprint density at radius 2 is 1.73 bits per heavy atom. The zero-order valence-electron chi connectivity index (χ0n) is 10.2. The molecule has 0 aliphatic heterocycles. The summed E-state index contributed by atoms with van der Waals surface area (Å²) in [5.41, 5.74) is 0. The van der Waals surface area contributed by atoms with Crippen molar-refractivity contribution < 1.29 is 4.79 Å². The molecule has 88 valence electrons. The van der Waals surface area contributed by atoms with Crippen LogP contribution in [0.25, 0.3) is 0 Å². The molecule has 0 aliphatic rings. The van der Waals surface area contributed by atoms with E-state index in [0.29, 0.717) is 6.42 Å². The maximum absolute atomic E-state index is 11.3. The van der Waals surface area contributed by atoms with Crippen LogP contribution in [0.5, 0.6) is 0 Å². The van der Waals surface area contributed by atoms with Gasteiger partial charge in [-0.05, 0) is 25.1 Å². The summed E-state index contributed by atoms with van der Waals surface area (Å²) < 4.78 is 0. The summed E-state index contributed by atoms with van der Waals surface area (Å²) in [7, 11) is 0. The molecule has 0 bridgehead atoms. The van der Waals surface area contributed by atoms with Crippen molar-refractivity contribution in [2.24, 2.45) is 0 Å². The van der Waals surface area contributed by atoms with Crippen molar-refractivity contribution in [3.63, 3.8) is 0 Å². The number of allylic oxidation sites excluding steroid dienone is 1. The third kappa shape index (κ3) is 11.1. The van der Waals surface area contributed by atoms with Gasteiger partial charge in [0.1, 0.15) is 0 Å². The second-order valence-electron chi connectivity index (χ2n) is 3.92. The van der Waals surface area contributed by atoms with E-state index in [-0.39, 0.29) is 5.78 Å². The lowest BCUT2D eigenvalue weighted by molar-refractivity contribution is -0.114. The molecule has 0 aromatic heterocycles. The first kappa shape index (κ1) is 14.2. The lowest BCUT2D eigenvalue weighted by Gasteiger charge is -1.98. The number of nitrogens with one attached hydrogen (secondary N) is 1. The van der Waals surface area contributed by atoms with Crippen molar-refractivity contribution in [3.05, 3.63) is 12.3 Å². The zero-order valence-corrected chi connectivity index (χ0v) is 10.2. The Balaban J connectivity index is 3.30. The maximum atomic E-state index is 11.3. The van der Waals surface area contributed by atoms with Gasteiger partial charge in [-0.1, -0.05) is 39.5 Å². The van der Waals surface area contributed by atoms with Crippen LogP contribution < -0.4 is 5.32 Å². The molecule has 0 fully saturated rings. The van der Waals surface area contributed by atoms with Crippen LogP contribution in [0.4, 0.5) is 0 Å². The largest absolute Gasteiger partial charge is 0.391 e. The fourth-order valence-electron chi connectivity index (χ4n) is 1.34. The molecule has 0 heterocycles. The van der Waals surface area contributed by atoms with Gasteiger partial charge in [0.15, 0.2) is 5.78 Å². The number of unbranched alkanes of at least 4 members (excludes halogenated alkanes) is 4. The minimum atomic E-state index is 0.242. The molecule has 2 heteroatoms. The predicted octanol–water partition coefficient (Wildman–Crippen LogP) is 3.43. The second kappa shape index (κ2) is 11.3. The summed E-state index contributed by atoms with van der Waals surface area (Å²) in [6, 6.07) is 0. The highest BCUT2D eigenvalue weighted by Crippen LogP contribution is 1.99. The van der Waals surface area contributed by atoms with Gasteiger partial charge in [-0.15, -0.1) is 0 Å². The fraction of sp³-hybridized carbons (Fsp3) is 0.769. The van der Waals surface area contributed by atoms with Crippen molar-refractivity contribution in [1.82, 2.24) is 5.32 Å². The lowest BCUT2D eigenvalue weighted by atomic mass is 10.1. The van der Waals surface area contributed by atoms with Gasteiger partial charge >= 0.3 is 0 Å². The third-order valence-electron chi connectivity index (χ3n) is 2.34. The van der Waals surface area contributed by atoms with Crippen molar-refractivity contribution >= 4 is 5.78 Å². The van der Waals surface area contributed by atoms with E-state index in [9.17, 15) is 4.79 Å². The van der Waals surface area contributed by atoms with Crippen LogP contribution in [0, 0.1) is 0 Å². The summed E-state index contributed by atoms with van der Waals surface area (Å²) in [5, 5.41) is 3.14. The van der Waals surface area contributed by atoms with Crippen LogP contribution in [-0.2, 0) is 4.79 Å². The molecule has 0 spiro atoms. The lowest BCUT2D eigenvalue weighted by Crippen LogP contribution is -2.07. The fourth-order valence-corrected chi connectivity index (χ4v) is 1.34. The molecular weight excluding hydrogens is 186 g/mol. The molecule has 0 rings (SSSR count). The second-order valence-corrected chi connectivity index (χ2v) is 3.92. The van der Waals surface area contributed by atoms with E-state index in [0.717, 1.165) is 19.4 Å². The topological polar surface area (TPSA) is 29.1 Å². The van der Waals surface area contributed by atoms with Crippen LogP contribution in [0.2, 0.25) is 0 Å². The predicted molar refractivity (Wildman–Crippen MR) is 65.8 cm³/mol. The highest BCUT2D eigenvalue weighted by Gasteiger charge is 1.94. The Morgan fingerprint density at radius 3 is 2.40 bits per heavy atom. The van der Waals surface area contributed by atoms with E-state index in [1.165, 1.54) is 25.7 Å². The van der Waals surface area contributed by atoms with Gasteiger partial charge in [-0.3, -0.25) is 4.79 Å².